The first-order valence-electron chi connectivity index (χ1n) is 9.32. The number of anilines is 3. The van der Waals surface area contributed by atoms with Gasteiger partial charge in [-0.05, 0) is 55.8 Å². The number of para-hydroxylation sites is 1. The maximum Gasteiger partial charge on any atom is 0.339 e. The van der Waals surface area contributed by atoms with Crippen molar-refractivity contribution in [3.8, 4) is 0 Å². The number of aryl methyl sites for hydroxylation is 1. The highest BCUT2D eigenvalue weighted by molar-refractivity contribution is 6.06. The van der Waals surface area contributed by atoms with E-state index in [1.54, 1.807) is 47.5 Å². The standard InChI is InChI=1S/C23H23N3O3/c1-4-26(18-9-7-8-16(2)14-18)22(27)17-12-13-24-21(15-17)25-20-11-6-5-10-19(20)23(28)29-3/h5-15H,4H2,1-3H3,(H,24,25). The summed E-state index contributed by atoms with van der Waals surface area (Å²) in [4.78, 5) is 31.1. The molecule has 3 rings (SSSR count). The first-order chi connectivity index (χ1) is 14.0. The van der Waals surface area contributed by atoms with Crippen molar-refractivity contribution in [2.24, 2.45) is 0 Å². The van der Waals surface area contributed by atoms with Crippen LogP contribution in [-0.4, -0.2) is 30.5 Å². The van der Waals surface area contributed by atoms with E-state index in [1.807, 2.05) is 38.1 Å². The molecule has 0 radical (unpaired) electrons. The molecule has 0 bridgehead atoms. The number of hydrogen-bond acceptors (Lipinski definition) is 5. The van der Waals surface area contributed by atoms with Gasteiger partial charge in [0.2, 0.25) is 0 Å². The number of esters is 1. The summed E-state index contributed by atoms with van der Waals surface area (Å²) in [6.45, 7) is 4.47. The number of rotatable bonds is 6. The Morgan fingerprint density at radius 3 is 2.59 bits per heavy atom. The van der Waals surface area contributed by atoms with E-state index < -0.39 is 5.97 Å². The smallest absolute Gasteiger partial charge is 0.339 e. The molecule has 6 heteroatoms. The molecule has 1 amide bonds. The third kappa shape index (κ3) is 4.60. The molecule has 0 aliphatic rings. The molecule has 3 aromatic rings. The van der Waals surface area contributed by atoms with Gasteiger partial charge in [-0.15, -0.1) is 0 Å². The molecule has 1 N–H and O–H groups in total. The van der Waals surface area contributed by atoms with Gasteiger partial charge in [0.05, 0.1) is 18.4 Å². The Labute approximate surface area is 170 Å². The number of nitrogens with zero attached hydrogens (tertiary/aromatic N) is 2. The van der Waals surface area contributed by atoms with Crippen LogP contribution in [0, 0.1) is 6.92 Å². The summed E-state index contributed by atoms with van der Waals surface area (Å²) in [5.74, 6) is -0.103. The second kappa shape index (κ2) is 9.01. The largest absolute Gasteiger partial charge is 0.465 e. The van der Waals surface area contributed by atoms with Crippen LogP contribution in [0.3, 0.4) is 0 Å². The van der Waals surface area contributed by atoms with E-state index in [4.69, 9.17) is 4.74 Å². The minimum atomic E-state index is -0.447. The van der Waals surface area contributed by atoms with Crippen LogP contribution < -0.4 is 10.2 Å². The summed E-state index contributed by atoms with van der Waals surface area (Å²) in [5.41, 5.74) is 3.39. The van der Waals surface area contributed by atoms with Gasteiger partial charge in [0.1, 0.15) is 5.82 Å². The minimum absolute atomic E-state index is 0.121. The molecule has 0 unspecified atom stereocenters. The van der Waals surface area contributed by atoms with Crippen LogP contribution in [0.25, 0.3) is 0 Å². The molecule has 0 saturated heterocycles. The monoisotopic (exact) mass is 389 g/mol. The fraction of sp³-hybridized carbons (Fsp3) is 0.174. The second-order valence-electron chi connectivity index (χ2n) is 6.48. The number of aromatic nitrogens is 1. The summed E-state index contributed by atoms with van der Waals surface area (Å²) in [6.07, 6.45) is 1.57. The number of ether oxygens (including phenoxy) is 1. The maximum absolute atomic E-state index is 13.1. The number of methoxy groups -OCH3 is 1. The first kappa shape index (κ1) is 20.1. The summed E-state index contributed by atoms with van der Waals surface area (Å²) in [5, 5.41) is 3.11. The molecule has 2 aromatic carbocycles. The lowest BCUT2D eigenvalue weighted by atomic mass is 10.1. The Kier molecular flexibility index (Phi) is 6.24. The highest BCUT2D eigenvalue weighted by Gasteiger charge is 2.18. The molecule has 1 aromatic heterocycles. The number of carbonyl (C=O) groups excluding carboxylic acids is 2. The molecular weight excluding hydrogens is 366 g/mol. The fourth-order valence-electron chi connectivity index (χ4n) is 3.05. The normalized spacial score (nSPS) is 10.3. The van der Waals surface area contributed by atoms with Crippen LogP contribution in [0.4, 0.5) is 17.2 Å². The molecule has 0 aliphatic carbocycles. The van der Waals surface area contributed by atoms with Crippen LogP contribution in [0.2, 0.25) is 0 Å². The number of pyridine rings is 1. The van der Waals surface area contributed by atoms with Gasteiger partial charge in [-0.1, -0.05) is 24.3 Å². The zero-order chi connectivity index (χ0) is 20.8. The third-order valence-corrected chi connectivity index (χ3v) is 4.48. The quantitative estimate of drug-likeness (QED) is 0.625. The van der Waals surface area contributed by atoms with Gasteiger partial charge < -0.3 is 15.0 Å². The van der Waals surface area contributed by atoms with Crippen molar-refractivity contribution in [2.75, 3.05) is 23.9 Å². The summed E-state index contributed by atoms with van der Waals surface area (Å²) >= 11 is 0. The van der Waals surface area contributed by atoms with E-state index in [1.165, 1.54) is 7.11 Å². The minimum Gasteiger partial charge on any atom is -0.465 e. The maximum atomic E-state index is 13.1. The van der Waals surface area contributed by atoms with Gasteiger partial charge >= 0.3 is 5.97 Å². The van der Waals surface area contributed by atoms with Crippen molar-refractivity contribution in [3.05, 3.63) is 83.6 Å². The summed E-state index contributed by atoms with van der Waals surface area (Å²) in [7, 11) is 1.33. The average Bonchev–Trinajstić information content (AvgIpc) is 2.74. The second-order valence-corrected chi connectivity index (χ2v) is 6.48. The van der Waals surface area contributed by atoms with Crippen LogP contribution in [0.5, 0.6) is 0 Å². The van der Waals surface area contributed by atoms with E-state index in [0.717, 1.165) is 11.3 Å². The van der Waals surface area contributed by atoms with Gasteiger partial charge in [0, 0.05) is 24.0 Å². The van der Waals surface area contributed by atoms with E-state index >= 15 is 0 Å². The van der Waals surface area contributed by atoms with Crippen molar-refractivity contribution in [2.45, 2.75) is 13.8 Å². The zero-order valence-corrected chi connectivity index (χ0v) is 16.7. The van der Waals surface area contributed by atoms with Crippen molar-refractivity contribution >= 4 is 29.1 Å². The van der Waals surface area contributed by atoms with Crippen LogP contribution in [-0.2, 0) is 4.74 Å². The average molecular weight is 389 g/mol. The fourth-order valence-corrected chi connectivity index (χ4v) is 3.05. The molecule has 29 heavy (non-hydrogen) atoms. The Morgan fingerprint density at radius 1 is 1.07 bits per heavy atom. The van der Waals surface area contributed by atoms with Crippen LogP contribution >= 0.6 is 0 Å². The van der Waals surface area contributed by atoms with E-state index in [2.05, 4.69) is 10.3 Å². The number of nitrogens with one attached hydrogen (secondary N) is 1. The van der Waals surface area contributed by atoms with Crippen molar-refractivity contribution in [3.63, 3.8) is 0 Å². The molecular formula is C23H23N3O3. The molecule has 0 atom stereocenters. The van der Waals surface area contributed by atoms with Gasteiger partial charge in [-0.3, -0.25) is 4.79 Å². The van der Waals surface area contributed by atoms with E-state index in [-0.39, 0.29) is 5.91 Å². The Balaban J connectivity index is 1.88. The highest BCUT2D eigenvalue weighted by atomic mass is 16.5. The molecule has 0 fully saturated rings. The molecule has 148 valence electrons. The molecule has 0 aliphatic heterocycles. The lowest BCUT2D eigenvalue weighted by Gasteiger charge is -2.22. The lowest BCUT2D eigenvalue weighted by Crippen LogP contribution is -2.30. The molecule has 1 heterocycles. The van der Waals surface area contributed by atoms with Crippen molar-refractivity contribution in [1.29, 1.82) is 0 Å². The number of carbonyl (C=O) groups is 2. The number of amides is 1. The van der Waals surface area contributed by atoms with Crippen molar-refractivity contribution < 1.29 is 14.3 Å². The van der Waals surface area contributed by atoms with Crippen molar-refractivity contribution in [1.82, 2.24) is 4.98 Å². The van der Waals surface area contributed by atoms with Gasteiger partial charge in [-0.25, -0.2) is 9.78 Å². The number of benzene rings is 2. The molecule has 6 nitrogen and oxygen atoms in total. The topological polar surface area (TPSA) is 71.5 Å². The van der Waals surface area contributed by atoms with E-state index in [9.17, 15) is 9.59 Å². The first-order valence-corrected chi connectivity index (χ1v) is 9.32. The van der Waals surface area contributed by atoms with Gasteiger partial charge in [-0.2, -0.15) is 0 Å². The van der Waals surface area contributed by atoms with Gasteiger partial charge in [0.25, 0.3) is 5.91 Å². The Bertz CT molecular complexity index is 1030. The summed E-state index contributed by atoms with van der Waals surface area (Å²) < 4.78 is 4.82. The third-order valence-electron chi connectivity index (χ3n) is 4.48. The van der Waals surface area contributed by atoms with Gasteiger partial charge in [0.15, 0.2) is 0 Å². The predicted molar refractivity (Wildman–Crippen MR) is 114 cm³/mol. The summed E-state index contributed by atoms with van der Waals surface area (Å²) in [6, 6.07) is 18.2. The number of hydrogen-bond donors (Lipinski definition) is 1. The SMILES string of the molecule is CCN(C(=O)c1ccnc(Nc2ccccc2C(=O)OC)c1)c1cccc(C)c1. The predicted octanol–water partition coefficient (Wildman–Crippen LogP) is 4.59. The van der Waals surface area contributed by atoms with Crippen LogP contribution in [0.1, 0.15) is 33.2 Å². The Hall–Kier alpha value is -3.67. The molecule has 0 saturated carbocycles. The van der Waals surface area contributed by atoms with E-state index in [0.29, 0.717) is 29.2 Å². The van der Waals surface area contributed by atoms with Crippen LogP contribution in [0.15, 0.2) is 66.9 Å². The zero-order valence-electron chi connectivity index (χ0n) is 16.7. The Morgan fingerprint density at radius 2 is 1.86 bits per heavy atom. The molecule has 0 spiro atoms. The lowest BCUT2D eigenvalue weighted by molar-refractivity contribution is 0.0601. The highest BCUT2D eigenvalue weighted by Crippen LogP contribution is 2.23.